The molecule has 0 saturated heterocycles. The fraction of sp³-hybridized carbons (Fsp3) is 1.00. The molecule has 3 fully saturated rings. The zero-order chi connectivity index (χ0) is 11.7. The van der Waals surface area contributed by atoms with E-state index >= 15 is 0 Å². The third-order valence-corrected chi connectivity index (χ3v) is 6.30. The Bertz CT molecular complexity index is 305. The van der Waals surface area contributed by atoms with Gasteiger partial charge in [-0.1, -0.05) is 27.2 Å². The smallest absolute Gasteiger partial charge is 0.0650 e. The van der Waals surface area contributed by atoms with Gasteiger partial charge < -0.3 is 5.11 Å². The van der Waals surface area contributed by atoms with Gasteiger partial charge in [0.15, 0.2) is 0 Å². The van der Waals surface area contributed by atoms with Crippen molar-refractivity contribution in [2.24, 2.45) is 35.0 Å². The van der Waals surface area contributed by atoms with Gasteiger partial charge in [0.05, 0.1) is 5.60 Å². The van der Waals surface area contributed by atoms with E-state index in [1.165, 1.54) is 19.3 Å². The normalized spacial score (nSPS) is 58.7. The molecule has 3 saturated carbocycles. The lowest BCUT2D eigenvalue weighted by molar-refractivity contribution is 0.00276. The highest BCUT2D eigenvalue weighted by Gasteiger charge is 2.66. The Kier molecular flexibility index (Phi) is 2.11. The van der Waals surface area contributed by atoms with E-state index in [1.807, 2.05) is 0 Å². The summed E-state index contributed by atoms with van der Waals surface area (Å²) in [7, 11) is 0. The SMILES string of the molecule is C[C@H]1CC[C@H]2[C@@H](CC[C@]2(C)O)[C@H]2[C@H]1C2(C)C. The molecule has 3 aliphatic rings. The maximum atomic E-state index is 10.5. The van der Waals surface area contributed by atoms with Crippen LogP contribution >= 0.6 is 0 Å². The van der Waals surface area contributed by atoms with Crippen LogP contribution in [0.2, 0.25) is 0 Å². The van der Waals surface area contributed by atoms with Crippen LogP contribution in [-0.2, 0) is 0 Å². The van der Waals surface area contributed by atoms with Crippen LogP contribution in [0.4, 0.5) is 0 Å². The van der Waals surface area contributed by atoms with E-state index in [1.54, 1.807) is 0 Å². The first-order valence-corrected chi connectivity index (χ1v) is 7.08. The van der Waals surface area contributed by atoms with Gasteiger partial charge in [-0.3, -0.25) is 0 Å². The maximum Gasteiger partial charge on any atom is 0.0650 e. The van der Waals surface area contributed by atoms with Crippen molar-refractivity contribution >= 4 is 0 Å². The molecule has 3 rings (SSSR count). The lowest BCUT2D eigenvalue weighted by Crippen LogP contribution is -2.32. The van der Waals surface area contributed by atoms with Gasteiger partial charge in [0, 0.05) is 0 Å². The Morgan fingerprint density at radius 2 is 1.69 bits per heavy atom. The van der Waals surface area contributed by atoms with E-state index in [0.717, 1.165) is 30.1 Å². The van der Waals surface area contributed by atoms with Crippen LogP contribution in [0.5, 0.6) is 0 Å². The van der Waals surface area contributed by atoms with Crippen LogP contribution in [0.3, 0.4) is 0 Å². The second-order valence-electron chi connectivity index (χ2n) is 7.59. The quantitative estimate of drug-likeness (QED) is 0.665. The Balaban J connectivity index is 1.91. The van der Waals surface area contributed by atoms with Crippen molar-refractivity contribution in [1.29, 1.82) is 0 Å². The molecule has 0 aromatic heterocycles. The number of fused-ring (bicyclic) bond motifs is 3. The average molecular weight is 222 g/mol. The van der Waals surface area contributed by atoms with Crippen LogP contribution < -0.4 is 0 Å². The number of rotatable bonds is 0. The summed E-state index contributed by atoms with van der Waals surface area (Å²) in [6.07, 6.45) is 4.91. The molecular formula is C15H26O. The summed E-state index contributed by atoms with van der Waals surface area (Å²) in [5, 5.41) is 10.5. The average Bonchev–Trinajstić information content (AvgIpc) is 2.66. The highest BCUT2D eigenvalue weighted by Crippen LogP contribution is 2.71. The molecule has 3 aliphatic carbocycles. The van der Waals surface area contributed by atoms with E-state index in [2.05, 4.69) is 27.7 Å². The minimum atomic E-state index is -0.363. The summed E-state index contributed by atoms with van der Waals surface area (Å²) in [5.41, 5.74) is 0.196. The molecule has 0 aromatic carbocycles. The van der Waals surface area contributed by atoms with Crippen LogP contribution in [0.25, 0.3) is 0 Å². The summed E-state index contributed by atoms with van der Waals surface area (Å²) in [6, 6.07) is 0. The largest absolute Gasteiger partial charge is 0.390 e. The predicted molar refractivity (Wildman–Crippen MR) is 66.0 cm³/mol. The first kappa shape index (κ1) is 11.1. The van der Waals surface area contributed by atoms with E-state index in [0.29, 0.717) is 11.3 Å². The van der Waals surface area contributed by atoms with Crippen LogP contribution in [0, 0.1) is 35.0 Å². The van der Waals surface area contributed by atoms with Crippen molar-refractivity contribution in [3.63, 3.8) is 0 Å². The summed E-state index contributed by atoms with van der Waals surface area (Å²) >= 11 is 0. The topological polar surface area (TPSA) is 20.2 Å². The third-order valence-electron chi connectivity index (χ3n) is 6.30. The molecule has 6 atom stereocenters. The Morgan fingerprint density at radius 3 is 2.38 bits per heavy atom. The molecular weight excluding hydrogens is 196 g/mol. The van der Waals surface area contributed by atoms with E-state index < -0.39 is 0 Å². The molecule has 0 spiro atoms. The first-order valence-electron chi connectivity index (χ1n) is 7.08. The second-order valence-corrected chi connectivity index (χ2v) is 7.59. The molecule has 0 unspecified atom stereocenters. The summed E-state index contributed by atoms with van der Waals surface area (Å²) in [6.45, 7) is 9.42. The van der Waals surface area contributed by atoms with Crippen molar-refractivity contribution < 1.29 is 5.11 Å². The molecule has 1 nitrogen and oxygen atoms in total. The van der Waals surface area contributed by atoms with Crippen molar-refractivity contribution in [2.75, 3.05) is 0 Å². The van der Waals surface area contributed by atoms with E-state index in [-0.39, 0.29) is 5.60 Å². The second kappa shape index (κ2) is 3.04. The van der Waals surface area contributed by atoms with Gasteiger partial charge >= 0.3 is 0 Å². The van der Waals surface area contributed by atoms with E-state index in [9.17, 15) is 5.11 Å². The summed E-state index contributed by atoms with van der Waals surface area (Å²) < 4.78 is 0. The first-order chi connectivity index (χ1) is 7.36. The Labute approximate surface area is 99.6 Å². The van der Waals surface area contributed by atoms with Gasteiger partial charge in [-0.25, -0.2) is 0 Å². The van der Waals surface area contributed by atoms with Crippen molar-refractivity contribution in [1.82, 2.24) is 0 Å². The highest BCUT2D eigenvalue weighted by molar-refractivity contribution is 5.15. The number of aliphatic hydroxyl groups is 1. The fourth-order valence-corrected chi connectivity index (χ4v) is 5.51. The minimum absolute atomic E-state index is 0.363. The monoisotopic (exact) mass is 222 g/mol. The molecule has 0 radical (unpaired) electrons. The molecule has 92 valence electrons. The Morgan fingerprint density at radius 1 is 1.00 bits per heavy atom. The fourth-order valence-electron chi connectivity index (χ4n) is 5.51. The molecule has 16 heavy (non-hydrogen) atoms. The molecule has 1 N–H and O–H groups in total. The summed E-state index contributed by atoms with van der Waals surface area (Å²) in [4.78, 5) is 0. The molecule has 1 heteroatoms. The summed E-state index contributed by atoms with van der Waals surface area (Å²) in [5.74, 6) is 4.13. The minimum Gasteiger partial charge on any atom is -0.390 e. The number of hydrogen-bond donors (Lipinski definition) is 1. The molecule has 0 amide bonds. The molecule has 0 heterocycles. The van der Waals surface area contributed by atoms with Gasteiger partial charge in [0.1, 0.15) is 0 Å². The van der Waals surface area contributed by atoms with E-state index in [4.69, 9.17) is 0 Å². The van der Waals surface area contributed by atoms with Crippen molar-refractivity contribution in [3.05, 3.63) is 0 Å². The van der Waals surface area contributed by atoms with Gasteiger partial charge in [-0.15, -0.1) is 0 Å². The standard InChI is InChI=1S/C15H26O/c1-9-5-6-11-10(7-8-15(11,4)16)13-12(9)14(13,2)3/h9-13,16H,5-8H2,1-4H3/t9-,10+,11-,12-,13-,15-/m0/s1. The lowest BCUT2D eigenvalue weighted by atomic mass is 9.79. The zero-order valence-corrected chi connectivity index (χ0v) is 11.2. The van der Waals surface area contributed by atoms with Gasteiger partial charge in [0.2, 0.25) is 0 Å². The maximum absolute atomic E-state index is 10.5. The van der Waals surface area contributed by atoms with Crippen LogP contribution in [-0.4, -0.2) is 10.7 Å². The van der Waals surface area contributed by atoms with Crippen LogP contribution in [0.15, 0.2) is 0 Å². The van der Waals surface area contributed by atoms with Gasteiger partial charge in [-0.2, -0.15) is 0 Å². The molecule has 0 aromatic rings. The van der Waals surface area contributed by atoms with Crippen LogP contribution in [0.1, 0.15) is 53.4 Å². The predicted octanol–water partition coefficient (Wildman–Crippen LogP) is 3.47. The van der Waals surface area contributed by atoms with Crippen molar-refractivity contribution in [2.45, 2.75) is 59.0 Å². The third kappa shape index (κ3) is 1.27. The van der Waals surface area contributed by atoms with Crippen molar-refractivity contribution in [3.8, 4) is 0 Å². The molecule has 0 bridgehead atoms. The van der Waals surface area contributed by atoms with Gasteiger partial charge in [-0.05, 0) is 61.2 Å². The lowest BCUT2D eigenvalue weighted by Gasteiger charge is -2.30. The molecule has 0 aliphatic heterocycles. The highest BCUT2D eigenvalue weighted by atomic mass is 16.3. The number of hydrogen-bond acceptors (Lipinski definition) is 1. The zero-order valence-electron chi connectivity index (χ0n) is 11.2. The van der Waals surface area contributed by atoms with Gasteiger partial charge in [0.25, 0.3) is 0 Å². The Hall–Kier alpha value is -0.0400.